The zero-order valence-electron chi connectivity index (χ0n) is 11.2. The summed E-state index contributed by atoms with van der Waals surface area (Å²) in [5.41, 5.74) is 2.13. The second-order valence-corrected chi connectivity index (χ2v) is 6.30. The van der Waals surface area contributed by atoms with E-state index < -0.39 is 10.0 Å². The number of rotatable bonds is 5. The molecule has 0 saturated carbocycles. The van der Waals surface area contributed by atoms with Gasteiger partial charge < -0.3 is 5.11 Å². The highest BCUT2D eigenvalue weighted by Crippen LogP contribution is 2.17. The van der Waals surface area contributed by atoms with E-state index in [2.05, 4.69) is 4.72 Å². The predicted molar refractivity (Wildman–Crippen MR) is 77.6 cm³/mol. The molecule has 5 heteroatoms. The first-order chi connectivity index (χ1) is 9.53. The zero-order chi connectivity index (χ0) is 14.6. The van der Waals surface area contributed by atoms with Crippen molar-refractivity contribution in [2.24, 2.45) is 0 Å². The van der Waals surface area contributed by atoms with Crippen LogP contribution in [0.5, 0.6) is 0 Å². The Morgan fingerprint density at radius 2 is 1.75 bits per heavy atom. The summed E-state index contributed by atoms with van der Waals surface area (Å²) in [6, 6.07) is 14.2. The first-order valence-electron chi connectivity index (χ1n) is 6.27. The molecule has 0 aromatic heterocycles. The molecule has 0 atom stereocenters. The molecule has 106 valence electrons. The molecule has 2 aromatic rings. The maximum atomic E-state index is 12.3. The van der Waals surface area contributed by atoms with E-state index in [1.165, 1.54) is 6.07 Å². The maximum absolute atomic E-state index is 12.3. The first kappa shape index (κ1) is 14.7. The largest absolute Gasteiger partial charge is 0.392 e. The minimum absolute atomic E-state index is 0.179. The average Bonchev–Trinajstić information content (AvgIpc) is 2.47. The zero-order valence-corrected chi connectivity index (χ0v) is 12.0. The van der Waals surface area contributed by atoms with Crippen LogP contribution in [0.25, 0.3) is 0 Å². The van der Waals surface area contributed by atoms with Crippen molar-refractivity contribution in [1.82, 2.24) is 4.72 Å². The molecule has 2 N–H and O–H groups in total. The van der Waals surface area contributed by atoms with Gasteiger partial charge in [0.25, 0.3) is 0 Å². The maximum Gasteiger partial charge on any atom is 0.241 e. The number of benzene rings is 2. The molecule has 0 aliphatic rings. The van der Waals surface area contributed by atoms with E-state index in [1.54, 1.807) is 19.1 Å². The molecule has 0 heterocycles. The van der Waals surface area contributed by atoms with Gasteiger partial charge in [-0.2, -0.15) is 0 Å². The molecule has 0 aliphatic carbocycles. The number of aliphatic hydroxyl groups excluding tert-OH is 1. The number of aryl methyl sites for hydroxylation is 1. The lowest BCUT2D eigenvalue weighted by atomic mass is 10.2. The first-order valence-corrected chi connectivity index (χ1v) is 7.75. The molecule has 2 rings (SSSR count). The van der Waals surface area contributed by atoms with Crippen LogP contribution in [0.3, 0.4) is 0 Å². The van der Waals surface area contributed by atoms with Crippen LogP contribution in [0, 0.1) is 6.92 Å². The molecule has 0 fully saturated rings. The van der Waals surface area contributed by atoms with Crippen molar-refractivity contribution >= 4 is 10.0 Å². The van der Waals surface area contributed by atoms with Gasteiger partial charge in [0.05, 0.1) is 11.5 Å². The van der Waals surface area contributed by atoms with Crippen LogP contribution in [-0.2, 0) is 23.2 Å². The standard InChI is InChI=1S/C15H17NO3S/c1-12-7-8-14(11-17)9-15(12)20(18,19)16-10-13-5-3-2-4-6-13/h2-9,16-17H,10-11H2,1H3. The Balaban J connectivity index is 2.22. The highest BCUT2D eigenvalue weighted by atomic mass is 32.2. The summed E-state index contributed by atoms with van der Waals surface area (Å²) < 4.78 is 27.2. The molecule has 0 spiro atoms. The van der Waals surface area contributed by atoms with E-state index in [4.69, 9.17) is 5.11 Å². The van der Waals surface area contributed by atoms with Crippen molar-refractivity contribution in [2.75, 3.05) is 0 Å². The van der Waals surface area contributed by atoms with Gasteiger partial charge in [-0.25, -0.2) is 13.1 Å². The SMILES string of the molecule is Cc1ccc(CO)cc1S(=O)(=O)NCc1ccccc1. The summed E-state index contributed by atoms with van der Waals surface area (Å²) in [6.45, 7) is 1.80. The lowest BCUT2D eigenvalue weighted by Crippen LogP contribution is -2.24. The van der Waals surface area contributed by atoms with Crippen molar-refractivity contribution in [1.29, 1.82) is 0 Å². The summed E-state index contributed by atoms with van der Waals surface area (Å²) >= 11 is 0. The fourth-order valence-electron chi connectivity index (χ4n) is 1.88. The third kappa shape index (κ3) is 3.45. The van der Waals surface area contributed by atoms with Gasteiger partial charge in [0.15, 0.2) is 0 Å². The Morgan fingerprint density at radius 1 is 1.05 bits per heavy atom. The molecule has 0 radical (unpaired) electrons. The summed E-state index contributed by atoms with van der Waals surface area (Å²) in [4.78, 5) is 0.208. The van der Waals surface area contributed by atoms with Crippen molar-refractivity contribution < 1.29 is 13.5 Å². The van der Waals surface area contributed by atoms with E-state index in [0.717, 1.165) is 5.56 Å². The molecule has 0 unspecified atom stereocenters. The summed E-state index contributed by atoms with van der Waals surface area (Å²) in [6.07, 6.45) is 0. The molecule has 0 bridgehead atoms. The van der Waals surface area contributed by atoms with E-state index >= 15 is 0 Å². The van der Waals surface area contributed by atoms with E-state index in [9.17, 15) is 8.42 Å². The van der Waals surface area contributed by atoms with Gasteiger partial charge in [0.2, 0.25) is 10.0 Å². The minimum atomic E-state index is -3.58. The number of hydrogen-bond acceptors (Lipinski definition) is 3. The van der Waals surface area contributed by atoms with Gasteiger partial charge >= 0.3 is 0 Å². The van der Waals surface area contributed by atoms with Gasteiger partial charge in [0, 0.05) is 6.54 Å². The van der Waals surface area contributed by atoms with Gasteiger partial charge in [-0.3, -0.25) is 0 Å². The molecule has 0 aliphatic heterocycles. The van der Waals surface area contributed by atoms with Crippen molar-refractivity contribution in [3.8, 4) is 0 Å². The van der Waals surface area contributed by atoms with Crippen LogP contribution in [0.4, 0.5) is 0 Å². The Hall–Kier alpha value is -1.69. The molecule has 0 saturated heterocycles. The Bertz CT molecular complexity index is 682. The summed E-state index contributed by atoms with van der Waals surface area (Å²) in [5, 5.41) is 9.11. The monoisotopic (exact) mass is 291 g/mol. The number of aliphatic hydroxyl groups is 1. The Morgan fingerprint density at radius 3 is 2.40 bits per heavy atom. The summed E-state index contributed by atoms with van der Waals surface area (Å²) in [7, 11) is -3.58. The highest BCUT2D eigenvalue weighted by molar-refractivity contribution is 7.89. The molecule has 2 aromatic carbocycles. The second-order valence-electron chi connectivity index (χ2n) is 4.57. The normalized spacial score (nSPS) is 11.5. The van der Waals surface area contributed by atoms with Crippen LogP contribution in [0.1, 0.15) is 16.7 Å². The highest BCUT2D eigenvalue weighted by Gasteiger charge is 2.16. The number of nitrogens with one attached hydrogen (secondary N) is 1. The van der Waals surface area contributed by atoms with Crippen molar-refractivity contribution in [3.05, 3.63) is 65.2 Å². The molecule has 20 heavy (non-hydrogen) atoms. The lowest BCUT2D eigenvalue weighted by molar-refractivity contribution is 0.281. The summed E-state index contributed by atoms with van der Waals surface area (Å²) in [5.74, 6) is 0. The smallest absolute Gasteiger partial charge is 0.241 e. The van der Waals surface area contributed by atoms with Gasteiger partial charge in [-0.1, -0.05) is 42.5 Å². The molecular formula is C15H17NO3S. The lowest BCUT2D eigenvalue weighted by Gasteiger charge is -2.10. The van der Waals surface area contributed by atoms with Gasteiger partial charge in [0.1, 0.15) is 0 Å². The fraction of sp³-hybridized carbons (Fsp3) is 0.200. The van der Waals surface area contributed by atoms with Crippen LogP contribution in [-0.4, -0.2) is 13.5 Å². The Labute approximate surface area is 119 Å². The molecular weight excluding hydrogens is 274 g/mol. The van der Waals surface area contributed by atoms with Crippen LogP contribution in [0.2, 0.25) is 0 Å². The van der Waals surface area contributed by atoms with Gasteiger partial charge in [-0.15, -0.1) is 0 Å². The van der Waals surface area contributed by atoms with E-state index in [0.29, 0.717) is 11.1 Å². The number of hydrogen-bond donors (Lipinski definition) is 2. The van der Waals surface area contributed by atoms with Crippen molar-refractivity contribution in [3.63, 3.8) is 0 Å². The third-order valence-electron chi connectivity index (χ3n) is 3.03. The third-order valence-corrected chi connectivity index (χ3v) is 4.58. The topological polar surface area (TPSA) is 66.4 Å². The predicted octanol–water partition coefficient (Wildman–Crippen LogP) is 1.97. The van der Waals surface area contributed by atoms with Crippen LogP contribution >= 0.6 is 0 Å². The molecule has 4 nitrogen and oxygen atoms in total. The Kier molecular flexibility index (Phi) is 4.54. The fourth-order valence-corrected chi connectivity index (χ4v) is 3.19. The van der Waals surface area contributed by atoms with Crippen LogP contribution in [0.15, 0.2) is 53.4 Å². The quantitative estimate of drug-likeness (QED) is 0.885. The second kappa shape index (κ2) is 6.17. The van der Waals surface area contributed by atoms with Crippen LogP contribution < -0.4 is 4.72 Å². The minimum Gasteiger partial charge on any atom is -0.392 e. The number of sulfonamides is 1. The van der Waals surface area contributed by atoms with E-state index in [-0.39, 0.29) is 18.0 Å². The molecule has 0 amide bonds. The van der Waals surface area contributed by atoms with Crippen molar-refractivity contribution in [2.45, 2.75) is 25.0 Å². The van der Waals surface area contributed by atoms with E-state index in [1.807, 2.05) is 30.3 Å². The average molecular weight is 291 g/mol. The van der Waals surface area contributed by atoms with Gasteiger partial charge in [-0.05, 0) is 29.7 Å².